The Morgan fingerprint density at radius 3 is 2.20 bits per heavy atom. The van der Waals surface area contributed by atoms with Crippen molar-refractivity contribution >= 4 is 18.0 Å². The lowest BCUT2D eigenvalue weighted by atomic mass is 9.88. The monoisotopic (exact) mass is 474 g/mol. The van der Waals surface area contributed by atoms with Gasteiger partial charge in [0.15, 0.2) is 0 Å². The lowest BCUT2D eigenvalue weighted by molar-refractivity contribution is -0.146. The first-order valence-electron chi connectivity index (χ1n) is 12.3. The van der Waals surface area contributed by atoms with Crippen molar-refractivity contribution in [2.24, 2.45) is 11.8 Å². The number of piperidine rings is 1. The maximum absolute atomic E-state index is 13.0. The van der Waals surface area contributed by atoms with Gasteiger partial charge in [-0.05, 0) is 47.9 Å². The van der Waals surface area contributed by atoms with E-state index in [2.05, 4.69) is 29.6 Å². The fraction of sp³-hybridized carbons (Fsp3) is 0.393. The molecule has 7 heteroatoms. The number of alkyl carbamates (subject to hydrolysis) is 1. The number of hydrogen-bond acceptors (Lipinski definition) is 4. The zero-order valence-electron chi connectivity index (χ0n) is 19.6. The molecule has 7 nitrogen and oxygen atoms in total. The molecule has 2 aliphatic carbocycles. The van der Waals surface area contributed by atoms with Crippen LogP contribution in [0.3, 0.4) is 0 Å². The van der Waals surface area contributed by atoms with Crippen LogP contribution in [0.2, 0.25) is 0 Å². The summed E-state index contributed by atoms with van der Waals surface area (Å²) < 4.78 is 5.65. The van der Waals surface area contributed by atoms with Crippen molar-refractivity contribution in [1.82, 2.24) is 10.2 Å². The number of amides is 2. The van der Waals surface area contributed by atoms with Crippen LogP contribution in [0, 0.1) is 11.8 Å². The number of ether oxygens (including phenoxy) is 1. The number of fused-ring (bicyclic) bond motifs is 3. The number of carboxylic acid groups (broad SMARTS) is 1. The van der Waals surface area contributed by atoms with Gasteiger partial charge < -0.3 is 20.1 Å². The van der Waals surface area contributed by atoms with Crippen LogP contribution in [-0.2, 0) is 14.3 Å². The molecule has 1 saturated heterocycles. The van der Waals surface area contributed by atoms with E-state index in [1.807, 2.05) is 36.4 Å². The highest BCUT2D eigenvalue weighted by Crippen LogP contribution is 2.44. The van der Waals surface area contributed by atoms with E-state index in [1.165, 1.54) is 11.1 Å². The number of carbonyl (C=O) groups excluding carboxylic acids is 2. The van der Waals surface area contributed by atoms with Gasteiger partial charge in [-0.1, -0.05) is 60.7 Å². The normalized spacial score (nSPS) is 21.8. The molecule has 182 valence electrons. The van der Waals surface area contributed by atoms with Crippen LogP contribution in [0.15, 0.2) is 60.7 Å². The zero-order valence-corrected chi connectivity index (χ0v) is 19.6. The Balaban J connectivity index is 1.15. The second kappa shape index (κ2) is 9.94. The fourth-order valence-electron chi connectivity index (χ4n) is 5.59. The number of nitrogens with zero attached hydrogens (tertiary/aromatic N) is 1. The smallest absolute Gasteiger partial charge is 0.407 e. The first-order valence-corrected chi connectivity index (χ1v) is 12.3. The lowest BCUT2D eigenvalue weighted by Crippen LogP contribution is -2.45. The van der Waals surface area contributed by atoms with Gasteiger partial charge in [-0.2, -0.15) is 0 Å². The van der Waals surface area contributed by atoms with E-state index in [-0.39, 0.29) is 36.3 Å². The molecule has 35 heavy (non-hydrogen) atoms. The molecular formula is C28H30N2O5. The SMILES string of the molecule is O=C(NC1C=CCC(C(=O)N2CCC(C(=O)O)CC2)C1)OCC1c2ccccc2-c2ccccc21. The van der Waals surface area contributed by atoms with Gasteiger partial charge in [-0.15, -0.1) is 0 Å². The largest absolute Gasteiger partial charge is 0.481 e. The Morgan fingerprint density at radius 1 is 0.943 bits per heavy atom. The Kier molecular flexibility index (Phi) is 6.57. The maximum Gasteiger partial charge on any atom is 0.407 e. The first kappa shape index (κ1) is 23.1. The van der Waals surface area contributed by atoms with Crippen LogP contribution in [0.4, 0.5) is 4.79 Å². The van der Waals surface area contributed by atoms with E-state index in [9.17, 15) is 19.5 Å². The number of aliphatic carboxylic acids is 1. The van der Waals surface area contributed by atoms with Crippen molar-refractivity contribution in [1.29, 1.82) is 0 Å². The summed E-state index contributed by atoms with van der Waals surface area (Å²) in [4.78, 5) is 38.6. The van der Waals surface area contributed by atoms with E-state index < -0.39 is 12.1 Å². The van der Waals surface area contributed by atoms with E-state index in [0.29, 0.717) is 38.8 Å². The Bertz CT molecular complexity index is 1110. The summed E-state index contributed by atoms with van der Waals surface area (Å²) in [6.45, 7) is 1.19. The summed E-state index contributed by atoms with van der Waals surface area (Å²) in [6.07, 6.45) is 5.48. The predicted molar refractivity (Wildman–Crippen MR) is 131 cm³/mol. The molecule has 1 fully saturated rings. The summed E-state index contributed by atoms with van der Waals surface area (Å²) in [5, 5.41) is 12.1. The number of benzene rings is 2. The second-order valence-corrected chi connectivity index (χ2v) is 9.61. The number of nitrogens with one attached hydrogen (secondary N) is 1. The van der Waals surface area contributed by atoms with Gasteiger partial charge in [0.2, 0.25) is 5.91 Å². The molecule has 2 atom stereocenters. The number of hydrogen-bond donors (Lipinski definition) is 2. The average molecular weight is 475 g/mol. The molecule has 0 spiro atoms. The number of rotatable bonds is 5. The summed E-state index contributed by atoms with van der Waals surface area (Å²) in [7, 11) is 0. The van der Waals surface area contributed by atoms with Crippen LogP contribution in [0.1, 0.15) is 42.7 Å². The third-order valence-corrected chi connectivity index (χ3v) is 7.48. The molecular weight excluding hydrogens is 444 g/mol. The van der Waals surface area contributed by atoms with Crippen molar-refractivity contribution in [3.8, 4) is 11.1 Å². The van der Waals surface area contributed by atoms with Crippen molar-refractivity contribution in [2.45, 2.75) is 37.6 Å². The average Bonchev–Trinajstić information content (AvgIpc) is 3.21. The quantitative estimate of drug-likeness (QED) is 0.634. The van der Waals surface area contributed by atoms with Gasteiger partial charge in [0.05, 0.1) is 12.0 Å². The van der Waals surface area contributed by atoms with E-state index in [1.54, 1.807) is 4.90 Å². The molecule has 2 aromatic carbocycles. The highest BCUT2D eigenvalue weighted by Gasteiger charge is 2.33. The molecule has 2 amide bonds. The minimum absolute atomic E-state index is 0.00176. The number of carboxylic acids is 1. The molecule has 0 aromatic heterocycles. The van der Waals surface area contributed by atoms with Gasteiger partial charge in [0.1, 0.15) is 6.61 Å². The summed E-state index contributed by atoms with van der Waals surface area (Å²) >= 11 is 0. The standard InChI is InChI=1S/C28H30N2O5/c31-26(30-14-12-18(13-15-30)27(32)33)19-6-5-7-20(16-19)29-28(34)35-17-25-23-10-3-1-8-21(23)22-9-2-4-11-24(22)25/h1-5,7-11,18-20,25H,6,12-17H2,(H,29,34)(H,32,33). The summed E-state index contributed by atoms with van der Waals surface area (Å²) in [6, 6.07) is 16.1. The molecule has 0 radical (unpaired) electrons. The molecule has 2 N–H and O–H groups in total. The van der Waals surface area contributed by atoms with Crippen LogP contribution < -0.4 is 5.32 Å². The van der Waals surface area contributed by atoms with Gasteiger partial charge in [0.25, 0.3) is 0 Å². The highest BCUT2D eigenvalue weighted by atomic mass is 16.5. The van der Waals surface area contributed by atoms with Crippen molar-refractivity contribution < 1.29 is 24.2 Å². The van der Waals surface area contributed by atoms with E-state index in [0.717, 1.165) is 11.1 Å². The third kappa shape index (κ3) is 4.81. The van der Waals surface area contributed by atoms with Crippen molar-refractivity contribution in [3.63, 3.8) is 0 Å². The molecule has 0 bridgehead atoms. The third-order valence-electron chi connectivity index (χ3n) is 7.48. The minimum Gasteiger partial charge on any atom is -0.481 e. The van der Waals surface area contributed by atoms with Gasteiger partial charge in [-0.3, -0.25) is 9.59 Å². The topological polar surface area (TPSA) is 95.9 Å². The van der Waals surface area contributed by atoms with E-state index >= 15 is 0 Å². The predicted octanol–water partition coefficient (Wildman–Crippen LogP) is 4.18. The minimum atomic E-state index is -0.787. The van der Waals surface area contributed by atoms with Crippen LogP contribution in [-0.4, -0.2) is 53.7 Å². The first-order chi connectivity index (χ1) is 17.0. The Labute approximate surface area is 204 Å². The second-order valence-electron chi connectivity index (χ2n) is 9.61. The molecule has 0 saturated carbocycles. The number of likely N-dealkylation sites (tertiary alicyclic amines) is 1. The number of allylic oxidation sites excluding steroid dienone is 1. The maximum atomic E-state index is 13.0. The molecule has 3 aliphatic rings. The molecule has 5 rings (SSSR count). The van der Waals surface area contributed by atoms with Crippen molar-refractivity contribution in [3.05, 3.63) is 71.8 Å². The lowest BCUT2D eigenvalue weighted by Gasteiger charge is -2.34. The Hall–Kier alpha value is -3.61. The molecule has 2 aromatic rings. The van der Waals surface area contributed by atoms with Crippen LogP contribution in [0.5, 0.6) is 0 Å². The van der Waals surface area contributed by atoms with Gasteiger partial charge in [-0.25, -0.2) is 4.79 Å². The molecule has 2 unspecified atom stereocenters. The van der Waals surface area contributed by atoms with Crippen molar-refractivity contribution in [2.75, 3.05) is 19.7 Å². The van der Waals surface area contributed by atoms with Crippen LogP contribution in [0.25, 0.3) is 11.1 Å². The van der Waals surface area contributed by atoms with Crippen LogP contribution >= 0.6 is 0 Å². The molecule has 1 heterocycles. The van der Waals surface area contributed by atoms with Gasteiger partial charge in [0, 0.05) is 24.9 Å². The summed E-state index contributed by atoms with van der Waals surface area (Å²) in [5.74, 6) is -1.34. The molecule has 1 aliphatic heterocycles. The zero-order chi connectivity index (χ0) is 24.4. The highest BCUT2D eigenvalue weighted by molar-refractivity contribution is 5.81. The summed E-state index contributed by atoms with van der Waals surface area (Å²) in [5.41, 5.74) is 4.69. The number of carbonyl (C=O) groups is 3. The Morgan fingerprint density at radius 2 is 1.57 bits per heavy atom. The van der Waals surface area contributed by atoms with E-state index in [4.69, 9.17) is 4.74 Å². The fourth-order valence-corrected chi connectivity index (χ4v) is 5.59. The van der Waals surface area contributed by atoms with Gasteiger partial charge >= 0.3 is 12.1 Å².